The minimum atomic E-state index is -3.73. The van der Waals surface area contributed by atoms with Gasteiger partial charge in [-0.2, -0.15) is 0 Å². The Morgan fingerprint density at radius 3 is 1.53 bits per heavy atom. The van der Waals surface area contributed by atoms with Crippen LogP contribution in [0, 0.1) is 0 Å². The standard InChI is InChI=1S/C12H12Cl2O2S/c13-11(7-3-1-4-8-11)17(15,16)12(14)9-5-2-6-10-12/h1-7,9H,8,10H2. The highest BCUT2D eigenvalue weighted by atomic mass is 35.5. The molecule has 0 aromatic rings. The highest BCUT2D eigenvalue weighted by Gasteiger charge is 2.52. The molecule has 0 saturated carbocycles. The number of rotatable bonds is 2. The van der Waals surface area contributed by atoms with Crippen molar-refractivity contribution in [3.63, 3.8) is 0 Å². The molecule has 0 saturated heterocycles. The lowest BCUT2D eigenvalue weighted by atomic mass is 10.2. The SMILES string of the molecule is O=S(=O)(C1(Cl)C=CC=CC1)C1(Cl)C=CC=CC1. The summed E-state index contributed by atoms with van der Waals surface area (Å²) in [5.74, 6) is 0. The molecule has 0 aliphatic heterocycles. The summed E-state index contributed by atoms with van der Waals surface area (Å²) in [5, 5.41) is 0. The maximum Gasteiger partial charge on any atom is 0.197 e. The van der Waals surface area contributed by atoms with Gasteiger partial charge in [0, 0.05) is 12.8 Å². The summed E-state index contributed by atoms with van der Waals surface area (Å²) >= 11 is 12.4. The lowest BCUT2D eigenvalue weighted by Gasteiger charge is -2.33. The van der Waals surface area contributed by atoms with E-state index in [2.05, 4.69) is 0 Å². The first-order valence-electron chi connectivity index (χ1n) is 5.22. The van der Waals surface area contributed by atoms with E-state index in [1.54, 1.807) is 36.5 Å². The number of alkyl halides is 2. The number of allylic oxidation sites excluding steroid dienone is 6. The third-order valence-corrected chi connectivity index (χ3v) is 7.04. The van der Waals surface area contributed by atoms with Crippen molar-refractivity contribution < 1.29 is 8.42 Å². The number of hydrogen-bond acceptors (Lipinski definition) is 2. The summed E-state index contributed by atoms with van der Waals surface area (Å²) in [6.45, 7) is 0. The van der Waals surface area contributed by atoms with Gasteiger partial charge in [0.25, 0.3) is 0 Å². The van der Waals surface area contributed by atoms with E-state index in [4.69, 9.17) is 23.2 Å². The Labute approximate surface area is 111 Å². The second-order valence-corrected chi connectivity index (χ2v) is 8.32. The van der Waals surface area contributed by atoms with E-state index in [0.717, 1.165) is 0 Å². The fourth-order valence-corrected chi connectivity index (χ4v) is 4.81. The fourth-order valence-electron chi connectivity index (χ4n) is 1.83. The summed E-state index contributed by atoms with van der Waals surface area (Å²) in [4.78, 5) is 0. The van der Waals surface area contributed by atoms with Crippen molar-refractivity contribution in [1.82, 2.24) is 0 Å². The van der Waals surface area contributed by atoms with Gasteiger partial charge in [-0.05, 0) is 12.2 Å². The van der Waals surface area contributed by atoms with Crippen LogP contribution in [0.5, 0.6) is 0 Å². The summed E-state index contributed by atoms with van der Waals surface area (Å²) < 4.78 is 22.2. The second-order valence-electron chi connectivity index (χ2n) is 4.06. The highest BCUT2D eigenvalue weighted by molar-refractivity contribution is 7.97. The van der Waals surface area contributed by atoms with E-state index in [-0.39, 0.29) is 12.8 Å². The largest absolute Gasteiger partial charge is 0.224 e. The summed E-state index contributed by atoms with van der Waals surface area (Å²) in [6.07, 6.45) is 13.7. The van der Waals surface area contributed by atoms with Gasteiger partial charge in [0.15, 0.2) is 18.2 Å². The summed E-state index contributed by atoms with van der Waals surface area (Å²) in [7, 11) is -3.73. The van der Waals surface area contributed by atoms with Crippen molar-refractivity contribution in [2.75, 3.05) is 0 Å². The average Bonchev–Trinajstić information content (AvgIpc) is 2.30. The molecule has 0 heterocycles. The molecule has 2 rings (SSSR count). The summed E-state index contributed by atoms with van der Waals surface area (Å²) in [5.41, 5.74) is 0. The third kappa shape index (κ3) is 2.01. The average molecular weight is 291 g/mol. The van der Waals surface area contributed by atoms with Crippen molar-refractivity contribution in [1.29, 1.82) is 0 Å². The van der Waals surface area contributed by atoms with Crippen molar-refractivity contribution in [2.24, 2.45) is 0 Å². The van der Waals surface area contributed by atoms with E-state index in [1.807, 2.05) is 0 Å². The lowest BCUT2D eigenvalue weighted by Crippen LogP contribution is -2.44. The number of hydrogen-bond donors (Lipinski definition) is 0. The van der Waals surface area contributed by atoms with Crippen LogP contribution in [0.2, 0.25) is 0 Å². The van der Waals surface area contributed by atoms with Crippen molar-refractivity contribution in [3.8, 4) is 0 Å². The fraction of sp³-hybridized carbons (Fsp3) is 0.333. The van der Waals surface area contributed by atoms with Gasteiger partial charge < -0.3 is 0 Å². The molecule has 17 heavy (non-hydrogen) atoms. The zero-order chi connectivity index (χ0) is 12.6. The van der Waals surface area contributed by atoms with Crippen molar-refractivity contribution >= 4 is 33.0 Å². The number of halogens is 2. The Kier molecular flexibility index (Phi) is 3.27. The molecule has 2 atom stereocenters. The van der Waals surface area contributed by atoms with Gasteiger partial charge in [0.1, 0.15) is 0 Å². The maximum absolute atomic E-state index is 12.6. The highest BCUT2D eigenvalue weighted by Crippen LogP contribution is 2.44. The molecule has 0 bridgehead atoms. The molecule has 0 aromatic heterocycles. The molecule has 2 aliphatic carbocycles. The Morgan fingerprint density at radius 1 is 0.824 bits per heavy atom. The monoisotopic (exact) mass is 290 g/mol. The topological polar surface area (TPSA) is 34.1 Å². The lowest BCUT2D eigenvalue weighted by molar-refractivity contribution is 0.567. The van der Waals surface area contributed by atoms with Gasteiger partial charge in [0.2, 0.25) is 0 Å². The van der Waals surface area contributed by atoms with Crippen LogP contribution >= 0.6 is 23.2 Å². The van der Waals surface area contributed by atoms with Crippen LogP contribution < -0.4 is 0 Å². The molecular formula is C12H12Cl2O2S. The Balaban J connectivity index is 2.43. The molecule has 0 N–H and O–H groups in total. The van der Waals surface area contributed by atoms with E-state index < -0.39 is 18.2 Å². The molecule has 92 valence electrons. The Hall–Kier alpha value is -0.510. The molecule has 2 aliphatic rings. The van der Waals surface area contributed by atoms with Gasteiger partial charge in [-0.15, -0.1) is 0 Å². The van der Waals surface area contributed by atoms with E-state index in [0.29, 0.717) is 0 Å². The first kappa shape index (κ1) is 12.9. The minimum Gasteiger partial charge on any atom is -0.224 e. The molecule has 5 heteroatoms. The van der Waals surface area contributed by atoms with Crippen LogP contribution in [0.4, 0.5) is 0 Å². The molecule has 0 aromatic carbocycles. The Bertz CT molecular complexity index is 489. The second kappa shape index (κ2) is 4.30. The van der Waals surface area contributed by atoms with Crippen LogP contribution in [-0.2, 0) is 9.84 Å². The predicted molar refractivity (Wildman–Crippen MR) is 71.9 cm³/mol. The van der Waals surface area contributed by atoms with Gasteiger partial charge >= 0.3 is 0 Å². The van der Waals surface area contributed by atoms with E-state index in [1.165, 1.54) is 12.2 Å². The van der Waals surface area contributed by atoms with E-state index >= 15 is 0 Å². The molecular weight excluding hydrogens is 279 g/mol. The first-order chi connectivity index (χ1) is 7.91. The normalized spacial score (nSPS) is 36.4. The van der Waals surface area contributed by atoms with Crippen LogP contribution in [0.3, 0.4) is 0 Å². The number of sulfone groups is 1. The van der Waals surface area contributed by atoms with Crippen molar-refractivity contribution in [2.45, 2.75) is 21.3 Å². The third-order valence-electron chi connectivity index (χ3n) is 2.87. The molecule has 0 radical (unpaired) electrons. The van der Waals surface area contributed by atoms with Gasteiger partial charge in [-0.25, -0.2) is 8.42 Å². The molecule has 2 unspecified atom stereocenters. The zero-order valence-electron chi connectivity index (χ0n) is 9.01. The van der Waals surface area contributed by atoms with Gasteiger partial charge in [-0.1, -0.05) is 59.7 Å². The zero-order valence-corrected chi connectivity index (χ0v) is 11.3. The van der Waals surface area contributed by atoms with Crippen LogP contribution in [-0.4, -0.2) is 16.8 Å². The molecule has 0 fully saturated rings. The van der Waals surface area contributed by atoms with E-state index in [9.17, 15) is 8.42 Å². The Morgan fingerprint density at radius 2 is 1.24 bits per heavy atom. The quantitative estimate of drug-likeness (QED) is 0.731. The van der Waals surface area contributed by atoms with Crippen LogP contribution in [0.25, 0.3) is 0 Å². The molecule has 0 amide bonds. The minimum absolute atomic E-state index is 0.236. The first-order valence-corrected chi connectivity index (χ1v) is 7.46. The van der Waals surface area contributed by atoms with Gasteiger partial charge in [0.05, 0.1) is 0 Å². The maximum atomic E-state index is 12.6. The smallest absolute Gasteiger partial charge is 0.197 e. The summed E-state index contributed by atoms with van der Waals surface area (Å²) in [6, 6.07) is 0. The molecule has 0 spiro atoms. The van der Waals surface area contributed by atoms with Crippen LogP contribution in [0.1, 0.15) is 12.8 Å². The van der Waals surface area contributed by atoms with Gasteiger partial charge in [-0.3, -0.25) is 0 Å². The van der Waals surface area contributed by atoms with Crippen LogP contribution in [0.15, 0.2) is 48.6 Å². The molecule has 2 nitrogen and oxygen atoms in total. The predicted octanol–water partition coefficient (Wildman–Crippen LogP) is 3.30. The van der Waals surface area contributed by atoms with Crippen molar-refractivity contribution in [3.05, 3.63) is 48.6 Å².